The van der Waals surface area contributed by atoms with Gasteiger partial charge in [0.15, 0.2) is 9.84 Å². The summed E-state index contributed by atoms with van der Waals surface area (Å²) in [5, 5.41) is 3.21. The molecule has 1 aromatic heterocycles. The minimum absolute atomic E-state index is 0.0219. The molecule has 1 N–H and O–H groups in total. The molecule has 0 unspecified atom stereocenters. The zero-order valence-electron chi connectivity index (χ0n) is 17.4. The lowest BCUT2D eigenvalue weighted by molar-refractivity contribution is -0.116. The second kappa shape index (κ2) is 9.88. The Kier molecular flexibility index (Phi) is 7.45. The average Bonchev–Trinajstić information content (AvgIpc) is 3.09. The first-order valence-electron chi connectivity index (χ1n) is 9.98. The summed E-state index contributed by atoms with van der Waals surface area (Å²) in [4.78, 5) is 28.1. The number of sulfone groups is 1. The molecule has 3 rings (SSSR count). The summed E-state index contributed by atoms with van der Waals surface area (Å²) in [6.45, 7) is 4.52. The van der Waals surface area contributed by atoms with E-state index in [0.29, 0.717) is 23.5 Å². The molecule has 0 aliphatic carbocycles. The predicted octanol–water partition coefficient (Wildman–Crippen LogP) is 3.24. The molecule has 2 heterocycles. The maximum Gasteiger partial charge on any atom is 0.341 e. The molecule has 1 aromatic carbocycles. The molecule has 0 saturated heterocycles. The number of methoxy groups -OCH3 is 1. The zero-order valence-corrected chi connectivity index (χ0v) is 19.1. The lowest BCUT2D eigenvalue weighted by atomic mass is 10.0. The summed E-state index contributed by atoms with van der Waals surface area (Å²) in [5.41, 5.74) is 1.31. The van der Waals surface area contributed by atoms with Crippen molar-refractivity contribution in [2.24, 2.45) is 0 Å². The lowest BCUT2D eigenvalue weighted by Gasteiger charge is -2.25. The molecule has 0 fully saturated rings. The van der Waals surface area contributed by atoms with E-state index in [0.717, 1.165) is 35.7 Å². The van der Waals surface area contributed by atoms with Crippen molar-refractivity contribution in [2.45, 2.75) is 37.6 Å². The van der Waals surface area contributed by atoms with Gasteiger partial charge in [0.2, 0.25) is 5.91 Å². The molecule has 0 spiro atoms. The van der Waals surface area contributed by atoms with E-state index < -0.39 is 21.6 Å². The summed E-state index contributed by atoms with van der Waals surface area (Å²) in [7, 11) is -2.30. The maximum atomic E-state index is 13.0. The number of rotatable bonds is 8. The second-order valence-electron chi connectivity index (χ2n) is 7.24. The van der Waals surface area contributed by atoms with E-state index in [2.05, 4.69) is 17.1 Å². The molecule has 0 saturated carbocycles. The molecule has 168 valence electrons. The van der Waals surface area contributed by atoms with Gasteiger partial charge < -0.3 is 10.1 Å². The van der Waals surface area contributed by atoms with Crippen molar-refractivity contribution in [3.63, 3.8) is 0 Å². The third-order valence-electron chi connectivity index (χ3n) is 5.22. The number of halogens is 1. The highest BCUT2D eigenvalue weighted by Crippen LogP contribution is 2.37. The number of hydrogen-bond donors (Lipinski definition) is 1. The summed E-state index contributed by atoms with van der Waals surface area (Å²) in [5.74, 6) is -1.61. The molecule has 2 aromatic rings. The number of fused-ring (bicyclic) bond motifs is 1. The number of carbonyl (C=O) groups excluding carboxylic acids is 2. The Bertz CT molecular complexity index is 1060. The van der Waals surface area contributed by atoms with Crippen LogP contribution < -0.4 is 5.32 Å². The van der Waals surface area contributed by atoms with Crippen LogP contribution in [0.1, 0.15) is 40.6 Å². The van der Waals surface area contributed by atoms with Crippen LogP contribution in [0.15, 0.2) is 29.2 Å². The van der Waals surface area contributed by atoms with Crippen molar-refractivity contribution in [1.82, 2.24) is 4.90 Å². The summed E-state index contributed by atoms with van der Waals surface area (Å²) in [6.07, 6.45) is 0.786. The van der Waals surface area contributed by atoms with Gasteiger partial charge >= 0.3 is 5.97 Å². The van der Waals surface area contributed by atoms with E-state index in [9.17, 15) is 22.4 Å². The van der Waals surface area contributed by atoms with E-state index >= 15 is 0 Å². The van der Waals surface area contributed by atoms with Gasteiger partial charge in [0.25, 0.3) is 0 Å². The topological polar surface area (TPSA) is 92.8 Å². The van der Waals surface area contributed by atoms with Gasteiger partial charge in [0.1, 0.15) is 10.8 Å². The van der Waals surface area contributed by atoms with E-state index in [-0.39, 0.29) is 29.4 Å². The first-order valence-corrected chi connectivity index (χ1v) is 12.5. The van der Waals surface area contributed by atoms with Crippen LogP contribution in [0.3, 0.4) is 0 Å². The summed E-state index contributed by atoms with van der Waals surface area (Å²) < 4.78 is 42.6. The Hall–Kier alpha value is -2.30. The normalized spacial score (nSPS) is 14.2. The first-order chi connectivity index (χ1) is 14.7. The number of benzene rings is 1. The van der Waals surface area contributed by atoms with Crippen LogP contribution in [0, 0.1) is 5.82 Å². The molecular weight excluding hydrogens is 443 g/mol. The van der Waals surface area contributed by atoms with Crippen LogP contribution in [0.2, 0.25) is 0 Å². The number of ether oxygens (including phenoxy) is 1. The van der Waals surface area contributed by atoms with Crippen molar-refractivity contribution in [2.75, 3.05) is 31.3 Å². The maximum absolute atomic E-state index is 13.0. The lowest BCUT2D eigenvalue weighted by Crippen LogP contribution is -2.29. The predicted molar refractivity (Wildman–Crippen MR) is 117 cm³/mol. The third kappa shape index (κ3) is 5.50. The van der Waals surface area contributed by atoms with Gasteiger partial charge in [-0.3, -0.25) is 9.69 Å². The molecule has 0 atom stereocenters. The molecule has 0 radical (unpaired) electrons. The van der Waals surface area contributed by atoms with Gasteiger partial charge in [0.05, 0.1) is 23.3 Å². The van der Waals surface area contributed by atoms with Crippen molar-refractivity contribution >= 4 is 38.1 Å². The van der Waals surface area contributed by atoms with Gasteiger partial charge in [-0.25, -0.2) is 17.6 Å². The largest absolute Gasteiger partial charge is 0.465 e. The zero-order chi connectivity index (χ0) is 22.6. The van der Waals surface area contributed by atoms with E-state index in [1.54, 1.807) is 0 Å². The Morgan fingerprint density at radius 2 is 1.97 bits per heavy atom. The van der Waals surface area contributed by atoms with Crippen LogP contribution in [0.4, 0.5) is 9.39 Å². The number of likely N-dealkylation sites (N-methyl/N-ethyl adjacent to an activating group) is 1. The molecule has 31 heavy (non-hydrogen) atoms. The quantitative estimate of drug-likeness (QED) is 0.472. The van der Waals surface area contributed by atoms with Crippen LogP contribution in [-0.4, -0.2) is 51.1 Å². The third-order valence-corrected chi connectivity index (χ3v) is 8.16. The van der Waals surface area contributed by atoms with Crippen LogP contribution in [0.25, 0.3) is 0 Å². The Balaban J connectivity index is 1.66. The fraction of sp³-hybridized carbons (Fsp3) is 0.429. The average molecular weight is 469 g/mol. The fourth-order valence-electron chi connectivity index (χ4n) is 3.50. The van der Waals surface area contributed by atoms with E-state index in [1.807, 2.05) is 0 Å². The summed E-state index contributed by atoms with van der Waals surface area (Å²) >= 11 is 1.36. The Labute approximate surface area is 185 Å². The van der Waals surface area contributed by atoms with E-state index in [1.165, 1.54) is 30.6 Å². The first kappa shape index (κ1) is 23.4. The monoisotopic (exact) mass is 468 g/mol. The summed E-state index contributed by atoms with van der Waals surface area (Å²) in [6, 6.07) is 4.60. The van der Waals surface area contributed by atoms with Gasteiger partial charge in [-0.05, 0) is 49.2 Å². The molecular formula is C21H25FN2O5S2. The number of thiophene rings is 1. The highest BCUT2D eigenvalue weighted by molar-refractivity contribution is 7.91. The van der Waals surface area contributed by atoms with Crippen molar-refractivity contribution in [3.05, 3.63) is 46.1 Å². The van der Waals surface area contributed by atoms with Crippen molar-refractivity contribution in [3.8, 4) is 0 Å². The van der Waals surface area contributed by atoms with Gasteiger partial charge in [-0.1, -0.05) is 6.92 Å². The van der Waals surface area contributed by atoms with Gasteiger partial charge in [-0.2, -0.15) is 0 Å². The molecule has 1 aliphatic heterocycles. The molecule has 10 heteroatoms. The fourth-order valence-corrected chi connectivity index (χ4v) is 6.11. The standard InChI is InChI=1S/C21H25FN2O5S2/c1-3-24-11-10-16-17(13-24)30-20(19(16)21(26)29-2)23-18(25)5-4-12-31(27,28)15-8-6-14(22)7-9-15/h6-9H,3-5,10-13H2,1-2H3,(H,23,25). The van der Waals surface area contributed by atoms with Gasteiger partial charge in [0, 0.05) is 24.4 Å². The second-order valence-corrected chi connectivity index (χ2v) is 10.5. The number of hydrogen-bond acceptors (Lipinski definition) is 7. The molecule has 7 nitrogen and oxygen atoms in total. The van der Waals surface area contributed by atoms with Crippen LogP contribution >= 0.6 is 11.3 Å². The molecule has 1 amide bonds. The van der Waals surface area contributed by atoms with Gasteiger partial charge in [-0.15, -0.1) is 11.3 Å². The number of nitrogens with zero attached hydrogens (tertiary/aromatic N) is 1. The SMILES string of the molecule is CCN1CCc2c(sc(NC(=O)CCCS(=O)(=O)c3ccc(F)cc3)c2C(=O)OC)C1. The minimum Gasteiger partial charge on any atom is -0.465 e. The highest BCUT2D eigenvalue weighted by Gasteiger charge is 2.29. The minimum atomic E-state index is -3.61. The Morgan fingerprint density at radius 3 is 2.61 bits per heavy atom. The van der Waals surface area contributed by atoms with Crippen molar-refractivity contribution < 1.29 is 27.1 Å². The Morgan fingerprint density at radius 1 is 1.26 bits per heavy atom. The number of amides is 1. The van der Waals surface area contributed by atoms with Crippen LogP contribution in [-0.2, 0) is 32.3 Å². The smallest absolute Gasteiger partial charge is 0.341 e. The number of anilines is 1. The van der Waals surface area contributed by atoms with Crippen molar-refractivity contribution in [1.29, 1.82) is 0 Å². The number of carbonyl (C=O) groups is 2. The molecule has 0 bridgehead atoms. The number of nitrogens with one attached hydrogen (secondary N) is 1. The number of esters is 1. The highest BCUT2D eigenvalue weighted by atomic mass is 32.2. The van der Waals surface area contributed by atoms with Crippen LogP contribution in [0.5, 0.6) is 0 Å². The molecule has 1 aliphatic rings. The van der Waals surface area contributed by atoms with E-state index in [4.69, 9.17) is 4.74 Å².